The average molecular weight is 281 g/mol. The Morgan fingerprint density at radius 1 is 1.65 bits per heavy atom. The summed E-state index contributed by atoms with van der Waals surface area (Å²) >= 11 is 0.974. The molecule has 0 bridgehead atoms. The van der Waals surface area contributed by atoms with Gasteiger partial charge in [0.2, 0.25) is 0 Å². The number of carboxylic acids is 1. The molecule has 0 aliphatic heterocycles. The zero-order chi connectivity index (χ0) is 13.2. The van der Waals surface area contributed by atoms with Crippen molar-refractivity contribution in [2.24, 2.45) is 5.73 Å². The Hall–Kier alpha value is -1.16. The number of nitrogens with two attached hydrogens (primary N) is 1. The van der Waals surface area contributed by atoms with Gasteiger partial charge < -0.3 is 15.6 Å². The lowest BCUT2D eigenvalue weighted by Gasteiger charge is -2.07. The normalized spacial score (nSPS) is 13.4. The van der Waals surface area contributed by atoms with E-state index in [1.165, 1.54) is 13.2 Å². The van der Waals surface area contributed by atoms with E-state index < -0.39 is 21.5 Å². The third-order valence-electron chi connectivity index (χ3n) is 1.91. The lowest BCUT2D eigenvalue weighted by molar-refractivity contribution is -0.136. The molecule has 7 nitrogen and oxygen atoms in total. The summed E-state index contributed by atoms with van der Waals surface area (Å²) in [4.78, 5) is 10.9. The number of ether oxygens (including phenoxy) is 1. The Bertz CT molecular complexity index is 520. The second kappa shape index (κ2) is 5.00. The topological polar surface area (TPSA) is 127 Å². The van der Waals surface area contributed by atoms with Gasteiger partial charge in [0.15, 0.2) is 10.4 Å². The minimum Gasteiger partial charge on any atom is -0.487 e. The highest BCUT2D eigenvalue weighted by atomic mass is 32.2. The Morgan fingerprint density at radius 3 is 2.65 bits per heavy atom. The SMILES string of the molecule is COc1sc(CC(=O)O)cc1C(N)S(=O)(=O)O. The molecule has 9 heteroatoms. The second-order valence-electron chi connectivity index (χ2n) is 3.17. The fourth-order valence-electron chi connectivity index (χ4n) is 1.19. The van der Waals surface area contributed by atoms with Crippen molar-refractivity contribution in [3.05, 3.63) is 16.5 Å². The number of rotatable bonds is 5. The number of methoxy groups -OCH3 is 1. The van der Waals surface area contributed by atoms with Gasteiger partial charge in [0.25, 0.3) is 10.1 Å². The minimum absolute atomic E-state index is 0.0521. The van der Waals surface area contributed by atoms with Gasteiger partial charge in [0.1, 0.15) is 0 Å². The highest BCUT2D eigenvalue weighted by molar-refractivity contribution is 7.86. The van der Waals surface area contributed by atoms with Crippen molar-refractivity contribution < 1.29 is 27.6 Å². The van der Waals surface area contributed by atoms with E-state index >= 15 is 0 Å². The first-order valence-corrected chi connectivity index (χ1v) is 6.68. The number of thiophene rings is 1. The van der Waals surface area contributed by atoms with Crippen LogP contribution in [0.1, 0.15) is 15.8 Å². The summed E-state index contributed by atoms with van der Waals surface area (Å²) in [6.45, 7) is 0. The van der Waals surface area contributed by atoms with Crippen LogP contribution in [0.2, 0.25) is 0 Å². The molecule has 1 atom stereocenters. The molecule has 0 radical (unpaired) electrons. The number of aliphatic carboxylic acids is 1. The van der Waals surface area contributed by atoms with Crippen molar-refractivity contribution in [2.45, 2.75) is 11.8 Å². The highest BCUT2D eigenvalue weighted by Gasteiger charge is 2.26. The monoisotopic (exact) mass is 281 g/mol. The van der Waals surface area contributed by atoms with Crippen LogP contribution in [0.4, 0.5) is 0 Å². The molecule has 4 N–H and O–H groups in total. The Morgan fingerprint density at radius 2 is 2.24 bits per heavy atom. The second-order valence-corrected chi connectivity index (χ2v) is 5.80. The van der Waals surface area contributed by atoms with Gasteiger partial charge in [0.05, 0.1) is 13.5 Å². The summed E-state index contributed by atoms with van der Waals surface area (Å²) in [7, 11) is -3.14. The van der Waals surface area contributed by atoms with Crippen molar-refractivity contribution in [3.8, 4) is 5.06 Å². The first-order valence-electron chi connectivity index (χ1n) is 4.36. The van der Waals surface area contributed by atoms with Crippen LogP contribution in [0.25, 0.3) is 0 Å². The summed E-state index contributed by atoms with van der Waals surface area (Å²) in [6, 6.07) is 1.30. The van der Waals surface area contributed by atoms with Gasteiger partial charge in [-0.25, -0.2) is 0 Å². The molecule has 0 amide bonds. The fourth-order valence-corrected chi connectivity index (χ4v) is 2.77. The van der Waals surface area contributed by atoms with E-state index in [4.69, 9.17) is 20.1 Å². The summed E-state index contributed by atoms with van der Waals surface area (Å²) in [6.07, 6.45) is -0.265. The van der Waals surface area contributed by atoms with Gasteiger partial charge in [-0.15, -0.1) is 11.3 Å². The van der Waals surface area contributed by atoms with E-state index in [0.717, 1.165) is 11.3 Å². The lowest BCUT2D eigenvalue weighted by atomic mass is 10.2. The van der Waals surface area contributed by atoms with Crippen molar-refractivity contribution in [3.63, 3.8) is 0 Å². The van der Waals surface area contributed by atoms with Crippen LogP contribution < -0.4 is 10.5 Å². The predicted octanol–water partition coefficient (Wildman–Crippen LogP) is 0.229. The number of carbonyl (C=O) groups is 1. The van der Waals surface area contributed by atoms with E-state index in [2.05, 4.69) is 0 Å². The Labute approximate surface area is 102 Å². The van der Waals surface area contributed by atoms with Crippen LogP contribution >= 0.6 is 11.3 Å². The first kappa shape index (κ1) is 13.9. The molecule has 1 aromatic rings. The zero-order valence-corrected chi connectivity index (χ0v) is 10.4. The maximum Gasteiger partial charge on any atom is 0.308 e. The van der Waals surface area contributed by atoms with E-state index in [-0.39, 0.29) is 17.0 Å². The van der Waals surface area contributed by atoms with Crippen molar-refractivity contribution >= 4 is 27.4 Å². The molecule has 0 saturated carbocycles. The summed E-state index contributed by atoms with van der Waals surface area (Å²) in [5.74, 6) is -1.05. The Kier molecular flexibility index (Phi) is 4.09. The van der Waals surface area contributed by atoms with Crippen LogP contribution in [0.3, 0.4) is 0 Å². The molecule has 0 spiro atoms. The van der Waals surface area contributed by atoms with E-state index in [9.17, 15) is 13.2 Å². The van der Waals surface area contributed by atoms with Crippen molar-refractivity contribution in [1.29, 1.82) is 0 Å². The zero-order valence-electron chi connectivity index (χ0n) is 8.78. The molecule has 96 valence electrons. The van der Waals surface area contributed by atoms with E-state index in [0.29, 0.717) is 4.88 Å². The molecule has 0 aliphatic carbocycles. The fraction of sp³-hybridized carbons (Fsp3) is 0.375. The standard InChI is InChI=1S/C8H11NO6S2/c1-15-8-5(7(9)17(12,13)14)2-4(16-8)3-6(10)11/h2,7H,3,9H2,1H3,(H,10,11)(H,12,13,14). The third kappa shape index (κ3) is 3.40. The van der Waals surface area contributed by atoms with Crippen molar-refractivity contribution in [1.82, 2.24) is 0 Å². The van der Waals surface area contributed by atoms with Crippen LogP contribution in [-0.2, 0) is 21.3 Å². The lowest BCUT2D eigenvalue weighted by Crippen LogP contribution is -2.20. The first-order chi connectivity index (χ1) is 7.75. The van der Waals surface area contributed by atoms with E-state index in [1.54, 1.807) is 0 Å². The number of hydrogen-bond acceptors (Lipinski definition) is 6. The molecule has 0 aliphatic rings. The van der Waals surface area contributed by atoms with Gasteiger partial charge in [-0.2, -0.15) is 8.42 Å². The molecule has 0 aromatic carbocycles. The van der Waals surface area contributed by atoms with E-state index in [1.807, 2.05) is 0 Å². The molecule has 0 fully saturated rings. The molecule has 17 heavy (non-hydrogen) atoms. The van der Waals surface area contributed by atoms with Crippen molar-refractivity contribution in [2.75, 3.05) is 7.11 Å². The molecular formula is C8H11NO6S2. The maximum atomic E-state index is 10.9. The van der Waals surface area contributed by atoms with Crippen LogP contribution in [0, 0.1) is 0 Å². The molecule has 1 heterocycles. The van der Waals surface area contributed by atoms with Crippen LogP contribution in [0.5, 0.6) is 5.06 Å². The largest absolute Gasteiger partial charge is 0.487 e. The molecule has 1 unspecified atom stereocenters. The number of hydrogen-bond donors (Lipinski definition) is 3. The van der Waals surface area contributed by atoms with Gasteiger partial charge in [-0.05, 0) is 6.07 Å². The molecular weight excluding hydrogens is 270 g/mol. The number of carboxylic acid groups (broad SMARTS) is 1. The summed E-state index contributed by atoms with van der Waals surface area (Å²) in [5.41, 5.74) is 5.39. The van der Waals surface area contributed by atoms with Gasteiger partial charge in [-0.1, -0.05) is 0 Å². The summed E-state index contributed by atoms with van der Waals surface area (Å²) in [5, 5.41) is 7.14. The van der Waals surface area contributed by atoms with Crippen LogP contribution in [-0.4, -0.2) is 31.2 Å². The quantitative estimate of drug-likeness (QED) is 0.659. The Balaban J connectivity index is 3.15. The van der Waals surface area contributed by atoms with Gasteiger partial charge >= 0.3 is 5.97 Å². The molecule has 1 rings (SSSR count). The minimum atomic E-state index is -4.45. The predicted molar refractivity (Wildman–Crippen MR) is 60.7 cm³/mol. The maximum absolute atomic E-state index is 10.9. The highest BCUT2D eigenvalue weighted by Crippen LogP contribution is 2.35. The molecule has 0 saturated heterocycles. The van der Waals surface area contributed by atoms with Crippen LogP contribution in [0.15, 0.2) is 6.07 Å². The smallest absolute Gasteiger partial charge is 0.308 e. The van der Waals surface area contributed by atoms with Gasteiger partial charge in [-0.3, -0.25) is 9.35 Å². The average Bonchev–Trinajstić information content (AvgIpc) is 2.57. The summed E-state index contributed by atoms with van der Waals surface area (Å²) < 4.78 is 35.5. The third-order valence-corrected chi connectivity index (χ3v) is 3.92. The molecule has 1 aromatic heterocycles. The van der Waals surface area contributed by atoms with Gasteiger partial charge in [0, 0.05) is 10.4 Å².